The SMILES string of the molecule is Cc1ccc(CNCCN2CCCC2)c(F)c1. The molecule has 0 aromatic heterocycles. The predicted molar refractivity (Wildman–Crippen MR) is 68.5 cm³/mol. The minimum atomic E-state index is -0.0985. The summed E-state index contributed by atoms with van der Waals surface area (Å²) in [7, 11) is 0. The number of rotatable bonds is 5. The molecule has 1 fully saturated rings. The molecule has 0 saturated carbocycles. The molecule has 1 aliphatic rings. The lowest BCUT2D eigenvalue weighted by molar-refractivity contribution is 0.335. The number of hydrogen-bond acceptors (Lipinski definition) is 2. The molecule has 0 unspecified atom stereocenters. The minimum absolute atomic E-state index is 0.0985. The molecule has 94 valence electrons. The van der Waals surface area contributed by atoms with Gasteiger partial charge >= 0.3 is 0 Å². The Labute approximate surface area is 103 Å². The van der Waals surface area contributed by atoms with Crippen molar-refractivity contribution in [2.45, 2.75) is 26.3 Å². The van der Waals surface area contributed by atoms with Gasteiger partial charge in [-0.05, 0) is 44.5 Å². The first-order valence-electron chi connectivity index (χ1n) is 6.44. The molecule has 1 aromatic carbocycles. The monoisotopic (exact) mass is 236 g/mol. The number of aryl methyl sites for hydroxylation is 1. The molecule has 0 amide bonds. The van der Waals surface area contributed by atoms with Crippen LogP contribution in [0.1, 0.15) is 24.0 Å². The summed E-state index contributed by atoms with van der Waals surface area (Å²) in [5.41, 5.74) is 1.74. The Morgan fingerprint density at radius 1 is 1.29 bits per heavy atom. The Kier molecular flexibility index (Phi) is 4.51. The largest absolute Gasteiger partial charge is 0.311 e. The third-order valence-corrected chi connectivity index (χ3v) is 3.33. The normalized spacial score (nSPS) is 16.6. The van der Waals surface area contributed by atoms with Gasteiger partial charge in [-0.15, -0.1) is 0 Å². The van der Waals surface area contributed by atoms with Gasteiger partial charge in [-0.2, -0.15) is 0 Å². The van der Waals surface area contributed by atoms with E-state index >= 15 is 0 Å². The van der Waals surface area contributed by atoms with Gasteiger partial charge in [-0.25, -0.2) is 4.39 Å². The molecule has 17 heavy (non-hydrogen) atoms. The highest BCUT2D eigenvalue weighted by Gasteiger charge is 2.10. The highest BCUT2D eigenvalue weighted by molar-refractivity contribution is 5.23. The van der Waals surface area contributed by atoms with Crippen molar-refractivity contribution in [2.75, 3.05) is 26.2 Å². The van der Waals surface area contributed by atoms with Gasteiger partial charge in [-0.3, -0.25) is 0 Å². The first kappa shape index (κ1) is 12.5. The summed E-state index contributed by atoms with van der Waals surface area (Å²) in [6, 6.07) is 5.42. The van der Waals surface area contributed by atoms with Crippen LogP contribution in [0.3, 0.4) is 0 Å². The number of nitrogens with one attached hydrogen (secondary N) is 1. The second-order valence-corrected chi connectivity index (χ2v) is 4.82. The first-order valence-corrected chi connectivity index (χ1v) is 6.44. The van der Waals surface area contributed by atoms with Gasteiger partial charge in [0.25, 0.3) is 0 Å². The van der Waals surface area contributed by atoms with Crippen LogP contribution in [0.5, 0.6) is 0 Å². The number of hydrogen-bond donors (Lipinski definition) is 1. The average Bonchev–Trinajstić information content (AvgIpc) is 2.79. The first-order chi connectivity index (χ1) is 8.25. The lowest BCUT2D eigenvalue weighted by Crippen LogP contribution is -2.29. The molecule has 1 aliphatic heterocycles. The molecule has 2 nitrogen and oxygen atoms in total. The molecule has 2 rings (SSSR count). The van der Waals surface area contributed by atoms with Gasteiger partial charge in [0, 0.05) is 25.2 Å². The summed E-state index contributed by atoms with van der Waals surface area (Å²) in [4.78, 5) is 2.46. The third-order valence-electron chi connectivity index (χ3n) is 3.33. The van der Waals surface area contributed by atoms with E-state index in [2.05, 4.69) is 10.2 Å². The molecule has 0 spiro atoms. The number of nitrogens with zero attached hydrogens (tertiary/aromatic N) is 1. The number of benzene rings is 1. The van der Waals surface area contributed by atoms with Crippen molar-refractivity contribution in [3.8, 4) is 0 Å². The van der Waals surface area contributed by atoms with Crippen molar-refractivity contribution in [1.29, 1.82) is 0 Å². The fourth-order valence-corrected chi connectivity index (χ4v) is 2.26. The lowest BCUT2D eigenvalue weighted by Gasteiger charge is -2.14. The zero-order valence-electron chi connectivity index (χ0n) is 10.5. The highest BCUT2D eigenvalue weighted by atomic mass is 19.1. The Bertz CT molecular complexity index is 359. The maximum absolute atomic E-state index is 13.5. The van der Waals surface area contributed by atoms with E-state index in [-0.39, 0.29) is 5.82 Å². The summed E-state index contributed by atoms with van der Waals surface area (Å²) >= 11 is 0. The van der Waals surface area contributed by atoms with Crippen LogP contribution in [-0.2, 0) is 6.54 Å². The van der Waals surface area contributed by atoms with Crippen LogP contribution in [0.4, 0.5) is 4.39 Å². The molecule has 0 atom stereocenters. The third kappa shape index (κ3) is 3.79. The van der Waals surface area contributed by atoms with Crippen molar-refractivity contribution < 1.29 is 4.39 Å². The van der Waals surface area contributed by atoms with Gasteiger partial charge in [0.2, 0.25) is 0 Å². The Morgan fingerprint density at radius 3 is 2.76 bits per heavy atom. The molecule has 0 aliphatic carbocycles. The average molecular weight is 236 g/mol. The van der Waals surface area contributed by atoms with Gasteiger partial charge in [-0.1, -0.05) is 12.1 Å². The van der Waals surface area contributed by atoms with Crippen molar-refractivity contribution in [1.82, 2.24) is 10.2 Å². The molecule has 1 aromatic rings. The summed E-state index contributed by atoms with van der Waals surface area (Å²) in [6.07, 6.45) is 2.65. The van der Waals surface area contributed by atoms with Crippen molar-refractivity contribution in [3.63, 3.8) is 0 Å². The van der Waals surface area contributed by atoms with E-state index in [0.29, 0.717) is 6.54 Å². The quantitative estimate of drug-likeness (QED) is 0.789. The maximum atomic E-state index is 13.5. The van der Waals surface area contributed by atoms with Gasteiger partial charge < -0.3 is 10.2 Å². The van der Waals surface area contributed by atoms with Gasteiger partial charge in [0.15, 0.2) is 0 Å². The highest BCUT2D eigenvalue weighted by Crippen LogP contribution is 2.09. The van der Waals surface area contributed by atoms with Gasteiger partial charge in [0.1, 0.15) is 5.82 Å². The Morgan fingerprint density at radius 2 is 2.06 bits per heavy atom. The molecule has 0 radical (unpaired) electrons. The second-order valence-electron chi connectivity index (χ2n) is 4.82. The van der Waals surface area contributed by atoms with E-state index < -0.39 is 0 Å². The van der Waals surface area contributed by atoms with Crippen LogP contribution in [0.2, 0.25) is 0 Å². The standard InChI is InChI=1S/C14H21FN2/c1-12-4-5-13(14(15)10-12)11-16-6-9-17-7-2-3-8-17/h4-5,10,16H,2-3,6-9,11H2,1H3. The lowest BCUT2D eigenvalue weighted by atomic mass is 10.1. The van der Waals surface area contributed by atoms with E-state index in [1.165, 1.54) is 25.9 Å². The molecule has 1 saturated heterocycles. The van der Waals surface area contributed by atoms with Crippen molar-refractivity contribution in [3.05, 3.63) is 35.1 Å². The molecule has 3 heteroatoms. The van der Waals surface area contributed by atoms with E-state index in [4.69, 9.17) is 0 Å². The van der Waals surface area contributed by atoms with Crippen molar-refractivity contribution >= 4 is 0 Å². The number of halogens is 1. The van der Waals surface area contributed by atoms with Gasteiger partial charge in [0.05, 0.1) is 0 Å². The zero-order chi connectivity index (χ0) is 12.1. The van der Waals surface area contributed by atoms with Crippen molar-refractivity contribution in [2.24, 2.45) is 0 Å². The smallest absolute Gasteiger partial charge is 0.127 e. The van der Waals surface area contributed by atoms with E-state index in [1.807, 2.05) is 19.1 Å². The fraction of sp³-hybridized carbons (Fsp3) is 0.571. The van der Waals surface area contributed by atoms with Crippen LogP contribution >= 0.6 is 0 Å². The van der Waals surface area contributed by atoms with Crippen LogP contribution in [0, 0.1) is 12.7 Å². The summed E-state index contributed by atoms with van der Waals surface area (Å²) in [5, 5.41) is 3.31. The molecule has 1 heterocycles. The summed E-state index contributed by atoms with van der Waals surface area (Å²) < 4.78 is 13.5. The van der Waals surface area contributed by atoms with Crippen LogP contribution < -0.4 is 5.32 Å². The molecule has 0 bridgehead atoms. The van der Waals surface area contributed by atoms with E-state index in [0.717, 1.165) is 24.2 Å². The van der Waals surface area contributed by atoms with E-state index in [1.54, 1.807) is 6.07 Å². The summed E-state index contributed by atoms with van der Waals surface area (Å²) in [6.45, 7) is 7.00. The Balaban J connectivity index is 1.70. The fourth-order valence-electron chi connectivity index (χ4n) is 2.26. The molecular formula is C14H21FN2. The zero-order valence-corrected chi connectivity index (χ0v) is 10.5. The summed E-state index contributed by atoms with van der Waals surface area (Å²) in [5.74, 6) is -0.0985. The van der Waals surface area contributed by atoms with Crippen LogP contribution in [-0.4, -0.2) is 31.1 Å². The predicted octanol–water partition coefficient (Wildman–Crippen LogP) is 2.32. The maximum Gasteiger partial charge on any atom is 0.127 e. The molecule has 1 N–H and O–H groups in total. The van der Waals surface area contributed by atoms with Crippen LogP contribution in [0.25, 0.3) is 0 Å². The Hall–Kier alpha value is -0.930. The minimum Gasteiger partial charge on any atom is -0.311 e. The van der Waals surface area contributed by atoms with E-state index in [9.17, 15) is 4.39 Å². The molecular weight excluding hydrogens is 215 g/mol. The van der Waals surface area contributed by atoms with Crippen LogP contribution in [0.15, 0.2) is 18.2 Å². The number of likely N-dealkylation sites (tertiary alicyclic amines) is 1. The topological polar surface area (TPSA) is 15.3 Å². The second kappa shape index (κ2) is 6.12.